The number of aliphatic carboxylic acids is 1. The number of ether oxygens (including phenoxy) is 1. The summed E-state index contributed by atoms with van der Waals surface area (Å²) in [5, 5.41) is 12.4. The molecule has 3 aromatic rings. The lowest BCUT2D eigenvalue weighted by molar-refractivity contribution is -0.138. The largest absolute Gasteiger partial charge is 0.486 e. The van der Waals surface area contributed by atoms with Crippen LogP contribution < -0.4 is 10.1 Å². The molecule has 3 atom stereocenters. The second-order valence-electron chi connectivity index (χ2n) is 8.72. The first-order chi connectivity index (χ1) is 15.5. The quantitative estimate of drug-likeness (QED) is 0.495. The molecule has 3 aromatic carbocycles. The molecule has 0 bridgehead atoms. The van der Waals surface area contributed by atoms with Crippen molar-refractivity contribution in [1.82, 2.24) is 0 Å². The highest BCUT2D eigenvalue weighted by Gasteiger charge is 2.44. The number of fused-ring (bicyclic) bond motifs is 1. The predicted molar refractivity (Wildman–Crippen MR) is 123 cm³/mol. The molecule has 2 aliphatic carbocycles. The Morgan fingerprint density at radius 2 is 1.88 bits per heavy atom. The molecule has 1 saturated carbocycles. The normalized spacial score (nSPS) is 21.2. The number of benzene rings is 3. The molecule has 5 heteroatoms. The van der Waals surface area contributed by atoms with Crippen molar-refractivity contribution in [2.75, 3.05) is 12.4 Å². The minimum atomic E-state index is -0.736. The van der Waals surface area contributed by atoms with E-state index in [0.29, 0.717) is 17.7 Å². The van der Waals surface area contributed by atoms with Gasteiger partial charge in [-0.25, -0.2) is 4.39 Å². The fraction of sp³-hybridized carbons (Fsp3) is 0.296. The molecule has 2 aliphatic rings. The van der Waals surface area contributed by atoms with Crippen molar-refractivity contribution in [3.05, 3.63) is 82.7 Å². The van der Waals surface area contributed by atoms with Gasteiger partial charge in [0, 0.05) is 18.3 Å². The van der Waals surface area contributed by atoms with E-state index in [4.69, 9.17) is 9.84 Å². The van der Waals surface area contributed by atoms with Crippen molar-refractivity contribution in [3.63, 3.8) is 0 Å². The number of rotatable bonds is 6. The molecule has 0 aliphatic heterocycles. The van der Waals surface area contributed by atoms with Gasteiger partial charge in [-0.05, 0) is 84.2 Å². The van der Waals surface area contributed by atoms with Crippen LogP contribution in [0.15, 0.2) is 54.6 Å². The smallest absolute Gasteiger partial charge is 0.307 e. The average molecular weight is 432 g/mol. The fourth-order valence-electron chi connectivity index (χ4n) is 5.04. The van der Waals surface area contributed by atoms with Crippen molar-refractivity contribution in [3.8, 4) is 16.9 Å². The second kappa shape index (κ2) is 7.97. The van der Waals surface area contributed by atoms with Gasteiger partial charge in [0.1, 0.15) is 17.7 Å². The maximum Gasteiger partial charge on any atom is 0.307 e. The van der Waals surface area contributed by atoms with Gasteiger partial charge < -0.3 is 15.2 Å². The first-order valence-electron chi connectivity index (χ1n) is 11.1. The molecule has 0 saturated heterocycles. The summed E-state index contributed by atoms with van der Waals surface area (Å²) in [4.78, 5) is 11.1. The molecule has 1 unspecified atom stereocenters. The van der Waals surface area contributed by atoms with Crippen LogP contribution >= 0.6 is 0 Å². The molecular weight excluding hydrogens is 405 g/mol. The van der Waals surface area contributed by atoms with Gasteiger partial charge in [-0.1, -0.05) is 30.3 Å². The first kappa shape index (κ1) is 20.6. The molecule has 164 valence electrons. The average Bonchev–Trinajstić information content (AvgIpc) is 3.49. The van der Waals surface area contributed by atoms with Crippen LogP contribution in [0, 0.1) is 18.7 Å². The standard InChI is InChI=1S/C27H26FNO3/c1-15-18(4-3-5-24(15)29-2)19-10-12-23(28)26-20(19)11-13-25(26)32-17-8-6-16(7-9-17)21-14-22(21)27(30)31/h3-10,12,21-22,25,29H,11,13-14H2,1-2H3,(H,30,31)/t21-,22+,25?/m1/s1. The number of hydrogen-bond donors (Lipinski definition) is 2. The Morgan fingerprint density at radius 1 is 1.09 bits per heavy atom. The lowest BCUT2D eigenvalue weighted by Crippen LogP contribution is -2.06. The Hall–Kier alpha value is -3.34. The van der Waals surface area contributed by atoms with Crippen LogP contribution in [0.5, 0.6) is 5.75 Å². The minimum absolute atomic E-state index is 0.0883. The van der Waals surface area contributed by atoms with Crippen molar-refractivity contribution >= 4 is 11.7 Å². The molecular formula is C27H26FNO3. The molecule has 2 N–H and O–H groups in total. The van der Waals surface area contributed by atoms with Gasteiger partial charge in [-0.3, -0.25) is 4.79 Å². The lowest BCUT2D eigenvalue weighted by Gasteiger charge is -2.18. The van der Waals surface area contributed by atoms with Gasteiger partial charge in [0.25, 0.3) is 0 Å². The molecule has 0 spiro atoms. The summed E-state index contributed by atoms with van der Waals surface area (Å²) < 4.78 is 21.1. The zero-order chi connectivity index (χ0) is 22.4. The van der Waals surface area contributed by atoms with Gasteiger partial charge in [0.15, 0.2) is 0 Å². The van der Waals surface area contributed by atoms with Gasteiger partial charge in [0.05, 0.1) is 5.92 Å². The summed E-state index contributed by atoms with van der Waals surface area (Å²) in [6.07, 6.45) is 1.83. The molecule has 5 rings (SSSR count). The summed E-state index contributed by atoms with van der Waals surface area (Å²) in [6.45, 7) is 2.08. The number of carboxylic acid groups (broad SMARTS) is 1. The SMILES string of the molecule is CNc1cccc(-c2ccc(F)c3c2CCC3Oc2ccc([C@H]3C[C@@H]3C(=O)O)cc2)c1C. The lowest BCUT2D eigenvalue weighted by atomic mass is 9.92. The van der Waals surface area contributed by atoms with Gasteiger partial charge in [0.2, 0.25) is 0 Å². The third-order valence-electron chi connectivity index (χ3n) is 6.87. The third-order valence-corrected chi connectivity index (χ3v) is 6.87. The molecule has 0 aromatic heterocycles. The van der Waals surface area contributed by atoms with E-state index < -0.39 is 5.97 Å². The zero-order valence-electron chi connectivity index (χ0n) is 18.2. The van der Waals surface area contributed by atoms with Crippen molar-refractivity contribution < 1.29 is 19.0 Å². The molecule has 0 radical (unpaired) electrons. The topological polar surface area (TPSA) is 58.6 Å². The third kappa shape index (κ3) is 3.52. The maximum absolute atomic E-state index is 14.9. The Morgan fingerprint density at radius 3 is 2.56 bits per heavy atom. The number of nitrogens with one attached hydrogen (secondary N) is 1. The summed E-state index contributed by atoms with van der Waals surface area (Å²) in [6, 6.07) is 17.2. The van der Waals surface area contributed by atoms with Gasteiger partial charge in [-0.2, -0.15) is 0 Å². The van der Waals surface area contributed by atoms with Crippen LogP contribution in [-0.2, 0) is 11.2 Å². The first-order valence-corrected chi connectivity index (χ1v) is 11.1. The van der Waals surface area contributed by atoms with E-state index >= 15 is 0 Å². The number of hydrogen-bond acceptors (Lipinski definition) is 3. The van der Waals surface area contributed by atoms with Crippen LogP contribution in [0.3, 0.4) is 0 Å². The van der Waals surface area contributed by atoms with Crippen LogP contribution in [0.2, 0.25) is 0 Å². The Labute approximate surface area is 187 Å². The minimum Gasteiger partial charge on any atom is -0.486 e. The van der Waals surface area contributed by atoms with E-state index in [1.165, 1.54) is 0 Å². The maximum atomic E-state index is 14.9. The molecule has 0 amide bonds. The van der Waals surface area contributed by atoms with Crippen LogP contribution in [-0.4, -0.2) is 18.1 Å². The molecule has 1 fully saturated rings. The number of halogens is 1. The highest BCUT2D eigenvalue weighted by Crippen LogP contribution is 2.48. The summed E-state index contributed by atoms with van der Waals surface area (Å²) in [5.41, 5.74) is 7.06. The summed E-state index contributed by atoms with van der Waals surface area (Å²) in [7, 11) is 1.90. The fourth-order valence-corrected chi connectivity index (χ4v) is 5.04. The van der Waals surface area contributed by atoms with Gasteiger partial charge in [-0.15, -0.1) is 0 Å². The van der Waals surface area contributed by atoms with Crippen molar-refractivity contribution in [1.29, 1.82) is 0 Å². The van der Waals surface area contributed by atoms with Gasteiger partial charge >= 0.3 is 5.97 Å². The zero-order valence-corrected chi connectivity index (χ0v) is 18.2. The second-order valence-corrected chi connectivity index (χ2v) is 8.72. The van der Waals surface area contributed by atoms with E-state index in [-0.39, 0.29) is 23.8 Å². The molecule has 4 nitrogen and oxygen atoms in total. The van der Waals surface area contributed by atoms with Crippen molar-refractivity contribution in [2.24, 2.45) is 5.92 Å². The number of carbonyl (C=O) groups is 1. The number of carboxylic acids is 1. The molecule has 32 heavy (non-hydrogen) atoms. The van der Waals surface area contributed by atoms with Crippen molar-refractivity contribution in [2.45, 2.75) is 38.2 Å². The highest BCUT2D eigenvalue weighted by molar-refractivity contribution is 5.77. The summed E-state index contributed by atoms with van der Waals surface area (Å²) in [5.74, 6) is -0.476. The Kier molecular flexibility index (Phi) is 5.12. The Bertz CT molecular complexity index is 1190. The van der Waals surface area contributed by atoms with E-state index in [1.54, 1.807) is 6.07 Å². The monoisotopic (exact) mass is 431 g/mol. The highest BCUT2D eigenvalue weighted by atomic mass is 19.1. The van der Waals surface area contributed by atoms with E-state index in [9.17, 15) is 9.18 Å². The predicted octanol–water partition coefficient (Wildman–Crippen LogP) is 6.10. The van der Waals surface area contributed by atoms with Crippen LogP contribution in [0.1, 0.15) is 47.1 Å². The van der Waals surface area contributed by atoms with Crippen LogP contribution in [0.4, 0.5) is 10.1 Å². The van der Waals surface area contributed by atoms with E-state index in [0.717, 1.165) is 46.3 Å². The van der Waals surface area contributed by atoms with Crippen LogP contribution in [0.25, 0.3) is 11.1 Å². The Balaban J connectivity index is 1.41. The van der Waals surface area contributed by atoms with E-state index in [2.05, 4.69) is 18.3 Å². The summed E-state index contributed by atoms with van der Waals surface area (Å²) >= 11 is 0. The number of anilines is 1. The van der Waals surface area contributed by atoms with E-state index in [1.807, 2.05) is 49.5 Å². The molecule has 0 heterocycles.